The van der Waals surface area contributed by atoms with Gasteiger partial charge < -0.3 is 14.2 Å². The number of carbonyl (C=O) groups excluding carboxylic acids is 1. The van der Waals surface area contributed by atoms with Crippen LogP contribution in [0.2, 0.25) is 0 Å². The van der Waals surface area contributed by atoms with Gasteiger partial charge in [-0.15, -0.1) is 0 Å². The molecule has 0 saturated carbocycles. The summed E-state index contributed by atoms with van der Waals surface area (Å²) in [5, 5.41) is 12.3. The molecule has 2 aromatic rings. The van der Waals surface area contributed by atoms with Crippen LogP contribution in [0.15, 0.2) is 24.4 Å². The van der Waals surface area contributed by atoms with Gasteiger partial charge in [-0.25, -0.2) is 4.98 Å². The van der Waals surface area contributed by atoms with E-state index in [1.54, 1.807) is 6.07 Å². The first-order valence-corrected chi connectivity index (χ1v) is 9.27. The van der Waals surface area contributed by atoms with Crippen LogP contribution in [0, 0.1) is 11.3 Å². The first-order valence-electron chi connectivity index (χ1n) is 7.86. The topological polar surface area (TPSA) is 118 Å². The number of hydrogen-bond acceptors (Lipinski definition) is 7. The highest BCUT2D eigenvalue weighted by molar-refractivity contribution is 7.88. The van der Waals surface area contributed by atoms with Gasteiger partial charge >= 0.3 is 15.6 Å². The third-order valence-corrected chi connectivity index (χ3v) is 4.90. The van der Waals surface area contributed by atoms with E-state index in [1.165, 1.54) is 18.3 Å². The van der Waals surface area contributed by atoms with E-state index >= 15 is 0 Å². The van der Waals surface area contributed by atoms with E-state index in [2.05, 4.69) is 14.5 Å². The van der Waals surface area contributed by atoms with E-state index in [0.717, 1.165) is 6.07 Å². The number of hydrogen-bond donors (Lipinski definition) is 1. The first-order chi connectivity index (χ1) is 13.1. The Hall–Kier alpha value is -3.07. The number of nitrogens with zero attached hydrogens (tertiary/aromatic N) is 2. The SMILES string of the molecule is N#Cc1cc2ccnc(OCC3CCC(=O)N3)c2cc1OS(=O)(=O)C(F)(F)F. The number of carbonyl (C=O) groups is 1. The molecule has 1 fully saturated rings. The minimum atomic E-state index is -5.96. The molecule has 1 N–H and O–H groups in total. The summed E-state index contributed by atoms with van der Waals surface area (Å²) in [5.74, 6) is -0.914. The zero-order valence-electron chi connectivity index (χ0n) is 14.0. The lowest BCUT2D eigenvalue weighted by atomic mass is 10.1. The molecule has 0 spiro atoms. The van der Waals surface area contributed by atoms with Crippen molar-refractivity contribution >= 4 is 26.8 Å². The van der Waals surface area contributed by atoms with Gasteiger partial charge in [0.1, 0.15) is 12.7 Å². The quantitative estimate of drug-likeness (QED) is 0.586. The molecule has 1 aromatic carbocycles. The summed E-state index contributed by atoms with van der Waals surface area (Å²) in [5.41, 5.74) is -6.05. The van der Waals surface area contributed by atoms with Crippen LogP contribution in [0.5, 0.6) is 11.6 Å². The largest absolute Gasteiger partial charge is 0.534 e. The van der Waals surface area contributed by atoms with Gasteiger partial charge in [-0.2, -0.15) is 26.9 Å². The standard InChI is InChI=1S/C16H12F3N3O5S/c17-16(18,19)28(24,25)27-13-6-12-9(5-10(13)7-20)3-4-21-15(12)26-8-11-1-2-14(23)22-11/h3-6,11H,1-2,8H2,(H,22,23). The summed E-state index contributed by atoms with van der Waals surface area (Å²) in [6.45, 7) is 0.0644. The molecule has 148 valence electrons. The summed E-state index contributed by atoms with van der Waals surface area (Å²) in [7, 11) is -5.96. The van der Waals surface area contributed by atoms with Gasteiger partial charge in [-0.05, 0) is 30.0 Å². The molecule has 28 heavy (non-hydrogen) atoms. The molecule has 0 aliphatic carbocycles. The summed E-state index contributed by atoms with van der Waals surface area (Å²) in [4.78, 5) is 15.2. The van der Waals surface area contributed by atoms with Gasteiger partial charge in [0.15, 0.2) is 5.75 Å². The van der Waals surface area contributed by atoms with Crippen molar-refractivity contribution in [2.45, 2.75) is 24.4 Å². The fourth-order valence-corrected chi connectivity index (χ4v) is 3.06. The Morgan fingerprint density at radius 1 is 1.36 bits per heavy atom. The molecule has 0 bridgehead atoms. The van der Waals surface area contributed by atoms with Gasteiger partial charge in [-0.1, -0.05) is 0 Å². The maximum Gasteiger partial charge on any atom is 0.534 e. The number of pyridine rings is 1. The number of amides is 1. The van der Waals surface area contributed by atoms with E-state index in [4.69, 9.17) is 10.00 Å². The Balaban J connectivity index is 1.96. The van der Waals surface area contributed by atoms with Crippen LogP contribution in [0.3, 0.4) is 0 Å². The third kappa shape index (κ3) is 3.94. The molecule has 0 radical (unpaired) electrons. The molecule has 1 saturated heterocycles. The number of benzene rings is 1. The molecule has 1 atom stereocenters. The fourth-order valence-electron chi connectivity index (χ4n) is 2.59. The minimum absolute atomic E-state index is 0.00241. The molecule has 3 rings (SSSR count). The second-order valence-corrected chi connectivity index (χ2v) is 7.43. The smallest absolute Gasteiger partial charge is 0.475 e. The molecule has 2 heterocycles. The van der Waals surface area contributed by atoms with Gasteiger partial charge in [-0.3, -0.25) is 4.79 Å². The van der Waals surface area contributed by atoms with E-state index < -0.39 is 26.9 Å². The van der Waals surface area contributed by atoms with Crippen molar-refractivity contribution in [3.63, 3.8) is 0 Å². The Morgan fingerprint density at radius 3 is 2.71 bits per heavy atom. The summed E-state index contributed by atoms with van der Waals surface area (Å²) < 4.78 is 70.1. The Kier molecular flexibility index (Phi) is 5.03. The van der Waals surface area contributed by atoms with Crippen LogP contribution in [-0.4, -0.2) is 37.5 Å². The maximum atomic E-state index is 12.6. The summed E-state index contributed by atoms with van der Waals surface area (Å²) >= 11 is 0. The van der Waals surface area contributed by atoms with E-state index in [9.17, 15) is 26.4 Å². The van der Waals surface area contributed by atoms with Crippen LogP contribution in [-0.2, 0) is 14.9 Å². The number of ether oxygens (including phenoxy) is 1. The van der Waals surface area contributed by atoms with Crippen LogP contribution >= 0.6 is 0 Å². The highest BCUT2D eigenvalue weighted by Crippen LogP contribution is 2.34. The third-order valence-electron chi connectivity index (χ3n) is 3.94. The van der Waals surface area contributed by atoms with Crippen LogP contribution < -0.4 is 14.2 Å². The zero-order chi connectivity index (χ0) is 20.5. The number of alkyl halides is 3. The Bertz CT molecular complexity index is 1080. The normalized spacial score (nSPS) is 17.2. The number of halogens is 3. The lowest BCUT2D eigenvalue weighted by molar-refractivity contribution is -0.119. The van der Waals surface area contributed by atoms with Gasteiger partial charge in [0, 0.05) is 18.0 Å². The summed E-state index contributed by atoms with van der Waals surface area (Å²) in [6.07, 6.45) is 2.27. The molecule has 12 heteroatoms. The molecule has 1 amide bonds. The van der Waals surface area contributed by atoms with E-state index in [0.29, 0.717) is 18.2 Å². The number of nitrogens with one attached hydrogen (secondary N) is 1. The van der Waals surface area contributed by atoms with Crippen LogP contribution in [0.1, 0.15) is 18.4 Å². The average molecular weight is 415 g/mol. The number of fused-ring (bicyclic) bond motifs is 1. The first kappa shape index (κ1) is 19.7. The average Bonchev–Trinajstić information content (AvgIpc) is 3.03. The predicted molar refractivity (Wildman–Crippen MR) is 88.7 cm³/mol. The number of aromatic nitrogens is 1. The monoisotopic (exact) mass is 415 g/mol. The van der Waals surface area contributed by atoms with Crippen LogP contribution in [0.4, 0.5) is 13.2 Å². The molecule has 8 nitrogen and oxygen atoms in total. The highest BCUT2D eigenvalue weighted by Gasteiger charge is 2.48. The molecule has 1 aliphatic heterocycles. The van der Waals surface area contributed by atoms with Crippen molar-refractivity contribution < 1.29 is 35.3 Å². The number of rotatable bonds is 5. The molecule has 1 aliphatic rings. The maximum absolute atomic E-state index is 12.6. The molecular weight excluding hydrogens is 403 g/mol. The Labute approximate surface area is 157 Å². The van der Waals surface area contributed by atoms with Crippen molar-refractivity contribution in [1.29, 1.82) is 5.26 Å². The second-order valence-electron chi connectivity index (χ2n) is 5.89. The minimum Gasteiger partial charge on any atom is -0.475 e. The van der Waals surface area contributed by atoms with Crippen LogP contribution in [0.25, 0.3) is 10.8 Å². The van der Waals surface area contributed by atoms with Gasteiger partial charge in [0.25, 0.3) is 0 Å². The van der Waals surface area contributed by atoms with Crippen molar-refractivity contribution in [3.8, 4) is 17.7 Å². The fraction of sp³-hybridized carbons (Fsp3) is 0.312. The highest BCUT2D eigenvalue weighted by atomic mass is 32.2. The predicted octanol–water partition coefficient (Wildman–Crippen LogP) is 1.99. The van der Waals surface area contributed by atoms with Crippen molar-refractivity contribution in [1.82, 2.24) is 10.3 Å². The van der Waals surface area contributed by atoms with Gasteiger partial charge in [0.05, 0.1) is 11.6 Å². The lowest BCUT2D eigenvalue weighted by Crippen LogP contribution is -2.31. The van der Waals surface area contributed by atoms with Crippen molar-refractivity contribution in [3.05, 3.63) is 30.0 Å². The second kappa shape index (κ2) is 7.16. The van der Waals surface area contributed by atoms with Crippen molar-refractivity contribution in [2.75, 3.05) is 6.61 Å². The van der Waals surface area contributed by atoms with Gasteiger partial charge in [0.2, 0.25) is 11.8 Å². The molecular formula is C16H12F3N3O5S. The molecule has 1 unspecified atom stereocenters. The number of nitriles is 1. The van der Waals surface area contributed by atoms with Crippen molar-refractivity contribution in [2.24, 2.45) is 0 Å². The Morgan fingerprint density at radius 2 is 2.11 bits per heavy atom. The van der Waals surface area contributed by atoms with E-state index in [-0.39, 0.29) is 29.8 Å². The summed E-state index contributed by atoms with van der Waals surface area (Å²) in [6, 6.07) is 4.95. The van der Waals surface area contributed by atoms with E-state index in [1.807, 2.05) is 0 Å². The lowest BCUT2D eigenvalue weighted by Gasteiger charge is -2.14. The molecule has 1 aromatic heterocycles. The zero-order valence-corrected chi connectivity index (χ0v) is 14.8.